The minimum absolute atomic E-state index is 0.160. The van der Waals surface area contributed by atoms with E-state index in [9.17, 15) is 8.78 Å². The van der Waals surface area contributed by atoms with Crippen LogP contribution in [0.2, 0.25) is 0 Å². The van der Waals surface area contributed by atoms with Crippen LogP contribution >= 0.6 is 0 Å². The fourth-order valence-electron chi connectivity index (χ4n) is 4.01. The van der Waals surface area contributed by atoms with Crippen LogP contribution in [0.5, 0.6) is 0 Å². The van der Waals surface area contributed by atoms with Gasteiger partial charge in [-0.05, 0) is 63.3 Å². The summed E-state index contributed by atoms with van der Waals surface area (Å²) >= 11 is 0. The van der Waals surface area contributed by atoms with Crippen LogP contribution in [0.25, 0.3) is 0 Å². The van der Waals surface area contributed by atoms with Crippen molar-refractivity contribution in [1.29, 1.82) is 0 Å². The van der Waals surface area contributed by atoms with Crippen molar-refractivity contribution >= 4 is 0 Å². The molecule has 1 aromatic rings. The molecule has 0 bridgehead atoms. The second-order valence-electron chi connectivity index (χ2n) is 6.46. The van der Waals surface area contributed by atoms with Crippen LogP contribution in [0.15, 0.2) is 18.2 Å². The van der Waals surface area contributed by atoms with Crippen LogP contribution in [0.3, 0.4) is 0 Å². The van der Waals surface area contributed by atoms with Crippen LogP contribution < -0.4 is 10.6 Å². The van der Waals surface area contributed by atoms with Gasteiger partial charge in [0.05, 0.1) is 0 Å². The molecule has 1 heterocycles. The first-order chi connectivity index (χ1) is 10.1. The Bertz CT molecular complexity index is 486. The average molecular weight is 294 g/mol. The van der Waals surface area contributed by atoms with Gasteiger partial charge < -0.3 is 10.6 Å². The van der Waals surface area contributed by atoms with E-state index in [0.717, 1.165) is 13.0 Å². The predicted molar refractivity (Wildman–Crippen MR) is 80.1 cm³/mol. The van der Waals surface area contributed by atoms with Gasteiger partial charge >= 0.3 is 0 Å². The molecule has 3 rings (SSSR count). The van der Waals surface area contributed by atoms with Crippen molar-refractivity contribution in [2.75, 3.05) is 6.54 Å². The van der Waals surface area contributed by atoms with Crippen LogP contribution in [0.1, 0.15) is 50.6 Å². The maximum absolute atomic E-state index is 13.9. The molecular weight excluding hydrogens is 270 g/mol. The fourth-order valence-corrected chi connectivity index (χ4v) is 4.01. The lowest BCUT2D eigenvalue weighted by Gasteiger charge is -2.29. The van der Waals surface area contributed by atoms with Crippen molar-refractivity contribution in [2.45, 2.75) is 57.2 Å². The molecule has 4 atom stereocenters. The lowest BCUT2D eigenvalue weighted by atomic mass is 9.92. The van der Waals surface area contributed by atoms with E-state index in [-0.39, 0.29) is 17.7 Å². The van der Waals surface area contributed by atoms with Crippen LogP contribution in [0.4, 0.5) is 8.78 Å². The van der Waals surface area contributed by atoms with Gasteiger partial charge in [0, 0.05) is 23.7 Å². The summed E-state index contributed by atoms with van der Waals surface area (Å²) in [4.78, 5) is 0. The minimum atomic E-state index is -0.375. The number of hydrogen-bond acceptors (Lipinski definition) is 2. The first-order valence-electron chi connectivity index (χ1n) is 8.09. The van der Waals surface area contributed by atoms with E-state index in [1.165, 1.54) is 43.9 Å². The molecule has 1 saturated heterocycles. The first kappa shape index (κ1) is 14.9. The summed E-state index contributed by atoms with van der Waals surface area (Å²) in [6.07, 6.45) is 6.07. The van der Waals surface area contributed by atoms with Gasteiger partial charge in [0.25, 0.3) is 0 Å². The van der Waals surface area contributed by atoms with Gasteiger partial charge in [-0.2, -0.15) is 0 Å². The maximum atomic E-state index is 13.9. The van der Waals surface area contributed by atoms with Gasteiger partial charge in [0.15, 0.2) is 0 Å². The highest BCUT2D eigenvalue weighted by Gasteiger charge is 2.35. The Balaban J connectivity index is 1.68. The second-order valence-corrected chi connectivity index (χ2v) is 6.46. The van der Waals surface area contributed by atoms with Gasteiger partial charge in [-0.3, -0.25) is 0 Å². The molecule has 1 aromatic carbocycles. The normalized spacial score (nSPS) is 30.7. The molecular formula is C17H24F2N2. The van der Waals surface area contributed by atoms with E-state index in [2.05, 4.69) is 10.6 Å². The summed E-state index contributed by atoms with van der Waals surface area (Å²) in [6.45, 7) is 3.04. The van der Waals surface area contributed by atoms with Crippen LogP contribution in [-0.4, -0.2) is 18.6 Å². The maximum Gasteiger partial charge on any atom is 0.128 e. The summed E-state index contributed by atoms with van der Waals surface area (Å²) in [5.74, 6) is -0.0861. The van der Waals surface area contributed by atoms with Crippen molar-refractivity contribution < 1.29 is 8.78 Å². The third-order valence-electron chi connectivity index (χ3n) is 5.07. The molecule has 1 aliphatic carbocycles. The number of halogens is 2. The zero-order valence-corrected chi connectivity index (χ0v) is 12.5. The molecule has 4 unspecified atom stereocenters. The molecule has 0 radical (unpaired) electrons. The van der Waals surface area contributed by atoms with E-state index in [1.54, 1.807) is 0 Å². The molecule has 21 heavy (non-hydrogen) atoms. The Kier molecular flexibility index (Phi) is 4.55. The van der Waals surface area contributed by atoms with E-state index in [0.29, 0.717) is 23.6 Å². The highest BCUT2D eigenvalue weighted by Crippen LogP contribution is 2.33. The zero-order chi connectivity index (χ0) is 14.8. The highest BCUT2D eigenvalue weighted by atomic mass is 19.1. The van der Waals surface area contributed by atoms with E-state index >= 15 is 0 Å². The molecule has 116 valence electrons. The molecule has 4 heteroatoms. The number of hydrogen-bond donors (Lipinski definition) is 2. The Labute approximate surface area is 125 Å². The monoisotopic (exact) mass is 294 g/mol. The lowest BCUT2D eigenvalue weighted by molar-refractivity contribution is 0.301. The van der Waals surface area contributed by atoms with E-state index < -0.39 is 0 Å². The Hall–Kier alpha value is -1.00. The molecule has 2 fully saturated rings. The molecule has 0 spiro atoms. The SMILES string of the molecule is CC(NC1CCCC1C1CCCN1)c1cc(F)ccc1F. The van der Waals surface area contributed by atoms with Crippen molar-refractivity contribution in [1.82, 2.24) is 10.6 Å². The second kappa shape index (κ2) is 6.41. The van der Waals surface area contributed by atoms with Crippen LogP contribution in [-0.2, 0) is 0 Å². The van der Waals surface area contributed by atoms with Gasteiger partial charge in [-0.25, -0.2) is 8.78 Å². The Morgan fingerprint density at radius 2 is 2.05 bits per heavy atom. The number of benzene rings is 1. The van der Waals surface area contributed by atoms with E-state index in [4.69, 9.17) is 0 Å². The minimum Gasteiger partial charge on any atom is -0.314 e. The van der Waals surface area contributed by atoms with E-state index in [1.807, 2.05) is 6.92 Å². The summed E-state index contributed by atoms with van der Waals surface area (Å²) in [5, 5.41) is 7.13. The summed E-state index contributed by atoms with van der Waals surface area (Å²) in [5.41, 5.74) is 0.431. The summed E-state index contributed by atoms with van der Waals surface area (Å²) < 4.78 is 27.2. The highest BCUT2D eigenvalue weighted by molar-refractivity contribution is 5.22. The van der Waals surface area contributed by atoms with Crippen molar-refractivity contribution in [3.05, 3.63) is 35.4 Å². The fraction of sp³-hybridized carbons (Fsp3) is 0.647. The van der Waals surface area contributed by atoms with Crippen molar-refractivity contribution in [3.63, 3.8) is 0 Å². The largest absolute Gasteiger partial charge is 0.314 e. The third-order valence-corrected chi connectivity index (χ3v) is 5.07. The quantitative estimate of drug-likeness (QED) is 0.887. The summed E-state index contributed by atoms with van der Waals surface area (Å²) in [7, 11) is 0. The zero-order valence-electron chi connectivity index (χ0n) is 12.5. The van der Waals surface area contributed by atoms with Gasteiger partial charge in [-0.15, -0.1) is 0 Å². The standard InChI is InChI=1S/C17H24F2N2/c1-11(14-10-12(18)7-8-15(14)19)21-17-5-2-4-13(17)16-6-3-9-20-16/h7-8,10-11,13,16-17,20-21H,2-6,9H2,1H3. The Morgan fingerprint density at radius 3 is 2.81 bits per heavy atom. The van der Waals surface area contributed by atoms with Crippen molar-refractivity contribution in [2.24, 2.45) is 5.92 Å². The molecule has 2 aliphatic rings. The number of nitrogens with one attached hydrogen (secondary N) is 2. The van der Waals surface area contributed by atoms with Crippen molar-refractivity contribution in [3.8, 4) is 0 Å². The molecule has 0 aromatic heterocycles. The van der Waals surface area contributed by atoms with Gasteiger partial charge in [0.2, 0.25) is 0 Å². The predicted octanol–water partition coefficient (Wildman–Crippen LogP) is 3.54. The Morgan fingerprint density at radius 1 is 1.19 bits per heavy atom. The topological polar surface area (TPSA) is 24.1 Å². The molecule has 1 saturated carbocycles. The lowest BCUT2D eigenvalue weighted by Crippen LogP contribution is -2.43. The molecule has 1 aliphatic heterocycles. The molecule has 2 nitrogen and oxygen atoms in total. The smallest absolute Gasteiger partial charge is 0.128 e. The first-order valence-corrected chi connectivity index (χ1v) is 8.09. The summed E-state index contributed by atoms with van der Waals surface area (Å²) in [6, 6.07) is 4.53. The number of rotatable bonds is 4. The molecule has 2 N–H and O–H groups in total. The molecule has 0 amide bonds. The third kappa shape index (κ3) is 3.27. The average Bonchev–Trinajstić information content (AvgIpc) is 3.11. The van der Waals surface area contributed by atoms with Gasteiger partial charge in [-0.1, -0.05) is 6.42 Å². The van der Waals surface area contributed by atoms with Crippen LogP contribution in [0, 0.1) is 17.6 Å². The van der Waals surface area contributed by atoms with Gasteiger partial charge in [0.1, 0.15) is 11.6 Å².